The zero-order valence-corrected chi connectivity index (χ0v) is 64.6. The SMILES string of the molecule is CCCCCCCCCCCCCC(=O)OC[C@H](COP(=O)(O)OC[C@H](O)COP(=O)(O)OC[C@@H](COC(=O)CCCCCCCCCCCCCCC(C)C)OC(=O)CCCCCCCCCCCCCCC(C)C)OC(=O)CCCCCCCCCCCCCCC(C)C. The lowest BCUT2D eigenvalue weighted by molar-refractivity contribution is -0.161. The van der Waals surface area contributed by atoms with Gasteiger partial charge in [0.05, 0.1) is 26.4 Å². The number of phosphoric acid groups is 2. The summed E-state index contributed by atoms with van der Waals surface area (Å²) < 4.78 is 68.6. The summed E-state index contributed by atoms with van der Waals surface area (Å²) in [7, 11) is -9.91. The zero-order chi connectivity index (χ0) is 70.9. The minimum absolute atomic E-state index is 0.107. The van der Waals surface area contributed by atoms with Crippen molar-refractivity contribution in [3.05, 3.63) is 0 Å². The van der Waals surface area contributed by atoms with Crippen molar-refractivity contribution < 1.29 is 80.2 Å². The lowest BCUT2D eigenvalue weighted by atomic mass is 10.0. The van der Waals surface area contributed by atoms with Gasteiger partial charge in [-0.3, -0.25) is 37.3 Å². The maximum Gasteiger partial charge on any atom is 0.472 e. The van der Waals surface area contributed by atoms with E-state index in [9.17, 15) is 43.2 Å². The number of aliphatic hydroxyl groups is 1. The lowest BCUT2D eigenvalue weighted by Crippen LogP contribution is -2.30. The Morgan fingerprint density at radius 1 is 0.281 bits per heavy atom. The first-order valence-corrected chi connectivity index (χ1v) is 42.8. The van der Waals surface area contributed by atoms with E-state index < -0.39 is 97.5 Å². The summed E-state index contributed by atoms with van der Waals surface area (Å²) in [5, 5.41) is 10.6. The molecule has 5 atom stereocenters. The van der Waals surface area contributed by atoms with Crippen LogP contribution in [0.4, 0.5) is 0 Å². The van der Waals surface area contributed by atoms with Gasteiger partial charge in [-0.1, -0.05) is 344 Å². The predicted molar refractivity (Wildman–Crippen MR) is 391 cm³/mol. The van der Waals surface area contributed by atoms with Gasteiger partial charge in [-0.25, -0.2) is 9.13 Å². The minimum Gasteiger partial charge on any atom is -0.462 e. The number of rotatable bonds is 75. The summed E-state index contributed by atoms with van der Waals surface area (Å²) in [6.07, 6.45) is 53.9. The topological polar surface area (TPSA) is 237 Å². The van der Waals surface area contributed by atoms with Crippen molar-refractivity contribution in [1.82, 2.24) is 0 Å². The summed E-state index contributed by atoms with van der Waals surface area (Å²) in [5.41, 5.74) is 0. The molecule has 0 aromatic carbocycles. The molecule has 0 aliphatic heterocycles. The first kappa shape index (κ1) is 94.1. The molecule has 0 aromatic heterocycles. The van der Waals surface area contributed by atoms with Crippen molar-refractivity contribution in [2.75, 3.05) is 39.6 Å². The van der Waals surface area contributed by atoms with Gasteiger partial charge in [0.1, 0.15) is 19.3 Å². The van der Waals surface area contributed by atoms with Crippen LogP contribution in [0.15, 0.2) is 0 Å². The van der Waals surface area contributed by atoms with Crippen LogP contribution in [0, 0.1) is 17.8 Å². The number of phosphoric ester groups is 2. The Morgan fingerprint density at radius 2 is 0.479 bits per heavy atom. The van der Waals surface area contributed by atoms with Crippen LogP contribution in [0.3, 0.4) is 0 Å². The van der Waals surface area contributed by atoms with E-state index in [0.29, 0.717) is 25.7 Å². The van der Waals surface area contributed by atoms with Crippen molar-refractivity contribution in [3.63, 3.8) is 0 Å². The number of carbonyl (C=O) groups excluding carboxylic acids is 4. The van der Waals surface area contributed by atoms with Gasteiger partial charge in [-0.2, -0.15) is 0 Å². The van der Waals surface area contributed by atoms with E-state index in [1.54, 1.807) is 0 Å². The third-order valence-electron chi connectivity index (χ3n) is 17.9. The summed E-state index contributed by atoms with van der Waals surface area (Å²) in [5.74, 6) is 0.221. The van der Waals surface area contributed by atoms with E-state index in [2.05, 4.69) is 48.5 Å². The molecule has 0 rings (SSSR count). The van der Waals surface area contributed by atoms with Gasteiger partial charge >= 0.3 is 39.5 Å². The van der Waals surface area contributed by atoms with Crippen LogP contribution in [-0.2, 0) is 65.4 Å². The molecule has 96 heavy (non-hydrogen) atoms. The van der Waals surface area contributed by atoms with Gasteiger partial charge in [0.25, 0.3) is 0 Å². The number of unbranched alkanes of at least 4 members (excludes halogenated alkanes) is 43. The van der Waals surface area contributed by atoms with E-state index in [1.807, 2.05) is 0 Å². The van der Waals surface area contributed by atoms with E-state index in [0.717, 1.165) is 108 Å². The second kappa shape index (κ2) is 67.5. The van der Waals surface area contributed by atoms with Gasteiger partial charge in [0.15, 0.2) is 12.2 Å². The van der Waals surface area contributed by atoms with E-state index >= 15 is 0 Å². The summed E-state index contributed by atoms with van der Waals surface area (Å²) >= 11 is 0. The second-order valence-electron chi connectivity index (χ2n) is 29.2. The molecule has 0 aromatic rings. The van der Waals surface area contributed by atoms with Crippen LogP contribution in [0.1, 0.15) is 395 Å². The fraction of sp³-hybridized carbons (Fsp3) is 0.948. The summed E-state index contributed by atoms with van der Waals surface area (Å²) in [4.78, 5) is 72.9. The highest BCUT2D eigenvalue weighted by Crippen LogP contribution is 2.45. The highest BCUT2D eigenvalue weighted by Gasteiger charge is 2.30. The number of carbonyl (C=O) groups is 4. The Hall–Kier alpha value is -1.94. The highest BCUT2D eigenvalue weighted by molar-refractivity contribution is 7.47. The molecule has 570 valence electrons. The Labute approximate surface area is 588 Å². The number of hydrogen-bond donors (Lipinski definition) is 3. The number of aliphatic hydroxyl groups excluding tert-OH is 1. The van der Waals surface area contributed by atoms with Crippen LogP contribution < -0.4 is 0 Å². The van der Waals surface area contributed by atoms with Crippen molar-refractivity contribution in [2.45, 2.75) is 414 Å². The molecule has 19 heteroatoms. The average Bonchev–Trinajstić information content (AvgIpc) is 1.84. The van der Waals surface area contributed by atoms with Gasteiger partial charge in [-0.05, 0) is 43.4 Å². The highest BCUT2D eigenvalue weighted by atomic mass is 31.2. The zero-order valence-electron chi connectivity index (χ0n) is 62.8. The van der Waals surface area contributed by atoms with Crippen molar-refractivity contribution in [2.24, 2.45) is 17.8 Å². The molecular formula is C77H150O17P2. The van der Waals surface area contributed by atoms with Crippen molar-refractivity contribution >= 4 is 39.5 Å². The van der Waals surface area contributed by atoms with Crippen molar-refractivity contribution in [3.8, 4) is 0 Å². The molecule has 0 aliphatic carbocycles. The van der Waals surface area contributed by atoms with Gasteiger partial charge < -0.3 is 33.8 Å². The normalized spacial score (nSPS) is 14.1. The molecule has 0 saturated carbocycles. The van der Waals surface area contributed by atoms with E-state index in [1.165, 1.54) is 205 Å². The monoisotopic (exact) mass is 1410 g/mol. The Balaban J connectivity index is 5.26. The second-order valence-corrected chi connectivity index (χ2v) is 32.1. The molecule has 0 amide bonds. The molecular weight excluding hydrogens is 1260 g/mol. The molecule has 2 unspecified atom stereocenters. The number of esters is 4. The number of hydrogen-bond acceptors (Lipinski definition) is 15. The fourth-order valence-corrected chi connectivity index (χ4v) is 13.4. The molecule has 0 fully saturated rings. The first-order valence-electron chi connectivity index (χ1n) is 39.8. The quantitative estimate of drug-likeness (QED) is 0.0222. The first-order chi connectivity index (χ1) is 46.2. The van der Waals surface area contributed by atoms with Crippen molar-refractivity contribution in [1.29, 1.82) is 0 Å². The van der Waals surface area contributed by atoms with Gasteiger partial charge in [-0.15, -0.1) is 0 Å². The Morgan fingerprint density at radius 3 is 0.708 bits per heavy atom. The molecule has 0 spiro atoms. The van der Waals surface area contributed by atoms with E-state index in [-0.39, 0.29) is 25.7 Å². The Kier molecular flexibility index (Phi) is 66.2. The maximum atomic E-state index is 13.1. The average molecular weight is 1410 g/mol. The largest absolute Gasteiger partial charge is 0.472 e. The van der Waals surface area contributed by atoms with Crippen LogP contribution in [0.25, 0.3) is 0 Å². The molecule has 17 nitrogen and oxygen atoms in total. The number of ether oxygens (including phenoxy) is 4. The molecule has 0 saturated heterocycles. The summed E-state index contributed by atoms with van der Waals surface area (Å²) in [6.45, 7) is 11.9. The maximum absolute atomic E-state index is 13.1. The van der Waals surface area contributed by atoms with Gasteiger partial charge in [0, 0.05) is 25.7 Å². The standard InChI is InChI=1S/C77H150O17P2/c1-8-9-10-11-12-13-20-30-37-44-51-58-74(79)87-64-72(93-76(81)60-53-46-39-32-25-18-15-22-28-35-42-49-56-69(4)5)66-91-95(83,84)89-62-71(78)63-90-96(85,86)92-67-73(94-77(82)61-54-47-40-33-26-19-16-23-29-36-43-50-57-70(6)7)65-88-75(80)59-52-45-38-31-24-17-14-21-27-34-41-48-55-68(2)3/h68-73,78H,8-67H2,1-7H3,(H,83,84)(H,85,86)/t71-,72+,73+/m0/s1. The molecule has 0 heterocycles. The van der Waals surface area contributed by atoms with Gasteiger partial charge in [0.2, 0.25) is 0 Å². The van der Waals surface area contributed by atoms with Crippen LogP contribution in [0.2, 0.25) is 0 Å². The molecule has 3 N–H and O–H groups in total. The third kappa shape index (κ3) is 70.5. The van der Waals surface area contributed by atoms with Crippen LogP contribution in [-0.4, -0.2) is 96.7 Å². The fourth-order valence-electron chi connectivity index (χ4n) is 11.8. The molecule has 0 radical (unpaired) electrons. The van der Waals surface area contributed by atoms with Crippen LogP contribution >= 0.6 is 15.6 Å². The van der Waals surface area contributed by atoms with Crippen LogP contribution in [0.5, 0.6) is 0 Å². The third-order valence-corrected chi connectivity index (χ3v) is 19.8. The predicted octanol–water partition coefficient (Wildman–Crippen LogP) is 22.6. The summed E-state index contributed by atoms with van der Waals surface area (Å²) in [6, 6.07) is 0. The minimum atomic E-state index is -4.96. The molecule has 0 aliphatic rings. The Bertz CT molecular complexity index is 1870. The smallest absolute Gasteiger partial charge is 0.462 e. The lowest BCUT2D eigenvalue weighted by Gasteiger charge is -2.21. The van der Waals surface area contributed by atoms with E-state index in [4.69, 9.17) is 37.0 Å². The molecule has 0 bridgehead atoms.